The lowest BCUT2D eigenvalue weighted by Gasteiger charge is -2.30. The topological polar surface area (TPSA) is 108 Å². The highest BCUT2D eigenvalue weighted by Crippen LogP contribution is 2.38. The van der Waals surface area contributed by atoms with Gasteiger partial charge in [0.05, 0.1) is 39.9 Å². The van der Waals surface area contributed by atoms with Crippen LogP contribution in [0, 0.1) is 0 Å². The van der Waals surface area contributed by atoms with E-state index in [1.54, 1.807) is 0 Å². The van der Waals surface area contributed by atoms with Crippen LogP contribution in [0.25, 0.3) is 0 Å². The lowest BCUT2D eigenvalue weighted by atomic mass is 10.0. The normalized spacial score (nSPS) is 14.6. The van der Waals surface area contributed by atoms with E-state index in [9.17, 15) is 19.4 Å². The van der Waals surface area contributed by atoms with Gasteiger partial charge in [-0.25, -0.2) is 0 Å². The van der Waals surface area contributed by atoms with E-state index in [0.717, 1.165) is 38.5 Å². The summed E-state index contributed by atoms with van der Waals surface area (Å²) in [6.07, 6.45) is 31.1. The summed E-state index contributed by atoms with van der Waals surface area (Å²) in [4.78, 5) is 25.1. The quantitative estimate of drug-likeness (QED) is 0.0385. The molecule has 0 spiro atoms. The van der Waals surface area contributed by atoms with Gasteiger partial charge in [0.15, 0.2) is 0 Å². The molecule has 0 aliphatic heterocycles. The van der Waals surface area contributed by atoms with Gasteiger partial charge in [0.2, 0.25) is 5.91 Å². The smallest absolute Gasteiger partial charge is 0.268 e. The third-order valence-electron chi connectivity index (χ3n) is 9.10. The minimum atomic E-state index is -4.54. The molecule has 0 aromatic rings. The van der Waals surface area contributed by atoms with E-state index in [1.165, 1.54) is 122 Å². The molecule has 0 radical (unpaired) electrons. The summed E-state index contributed by atoms with van der Waals surface area (Å²) >= 11 is 0. The number of rotatable bonds is 36. The molecule has 1 amide bonds. The van der Waals surface area contributed by atoms with Crippen molar-refractivity contribution in [2.45, 2.75) is 199 Å². The molecule has 0 aromatic heterocycles. The summed E-state index contributed by atoms with van der Waals surface area (Å²) in [6, 6.07) is -0.790. The second kappa shape index (κ2) is 31.5. The summed E-state index contributed by atoms with van der Waals surface area (Å²) in [5, 5.41) is 13.8. The van der Waals surface area contributed by atoms with Crippen LogP contribution in [0.4, 0.5) is 0 Å². The first-order valence-corrected chi connectivity index (χ1v) is 21.3. The van der Waals surface area contributed by atoms with Crippen molar-refractivity contribution in [3.05, 3.63) is 0 Å². The molecule has 0 bridgehead atoms. The van der Waals surface area contributed by atoms with Crippen LogP contribution >= 0.6 is 7.82 Å². The first kappa shape index (κ1) is 46.5. The number of nitrogens with one attached hydrogen (secondary N) is 1. The number of hydrogen-bond donors (Lipinski definition) is 2. The standard InChI is InChI=1S/C38H79N2O6P/c1-6-8-10-12-14-16-17-18-19-20-21-22-23-24-26-28-30-32-38(42)39-36(35-46-47(43,44)45-34-33-40(3,4)5)37(41)31-29-27-25-15-13-11-9-7-2/h36-37,41H,6-35H2,1-5H3,(H-,39,42,43,44). The molecule has 0 aliphatic carbocycles. The Labute approximate surface area is 291 Å². The molecule has 0 rings (SSSR count). The van der Waals surface area contributed by atoms with Crippen LogP contribution in [0.5, 0.6) is 0 Å². The van der Waals surface area contributed by atoms with Crippen molar-refractivity contribution in [1.82, 2.24) is 5.32 Å². The molecule has 0 saturated heterocycles. The third kappa shape index (κ3) is 33.8. The van der Waals surface area contributed by atoms with E-state index in [1.807, 2.05) is 21.1 Å². The van der Waals surface area contributed by atoms with Gasteiger partial charge in [0.25, 0.3) is 7.82 Å². The van der Waals surface area contributed by atoms with Crippen LogP contribution in [-0.2, 0) is 18.4 Å². The average molecular weight is 691 g/mol. The minimum Gasteiger partial charge on any atom is -0.756 e. The van der Waals surface area contributed by atoms with Crippen molar-refractivity contribution in [2.24, 2.45) is 0 Å². The summed E-state index contributed by atoms with van der Waals surface area (Å²) in [7, 11) is 1.31. The predicted octanol–water partition coefficient (Wildman–Crippen LogP) is 9.61. The number of nitrogens with zero attached hydrogens (tertiary/aromatic N) is 1. The highest BCUT2D eigenvalue weighted by molar-refractivity contribution is 7.45. The van der Waals surface area contributed by atoms with Crippen LogP contribution in [-0.4, -0.2) is 68.5 Å². The Hall–Kier alpha value is -0.500. The second-order valence-corrected chi connectivity index (χ2v) is 16.4. The highest BCUT2D eigenvalue weighted by atomic mass is 31.2. The van der Waals surface area contributed by atoms with Crippen LogP contribution in [0.15, 0.2) is 0 Å². The summed E-state index contributed by atoms with van der Waals surface area (Å²) in [6.45, 7) is 4.69. The van der Waals surface area contributed by atoms with Gasteiger partial charge < -0.3 is 28.8 Å². The highest BCUT2D eigenvalue weighted by Gasteiger charge is 2.24. The Morgan fingerprint density at radius 2 is 1.04 bits per heavy atom. The third-order valence-corrected chi connectivity index (χ3v) is 10.1. The number of carbonyl (C=O) groups is 1. The molecule has 9 heteroatoms. The lowest BCUT2D eigenvalue weighted by Crippen LogP contribution is -2.46. The number of unbranched alkanes of at least 4 members (excludes halogenated alkanes) is 23. The summed E-state index contributed by atoms with van der Waals surface area (Å²) < 4.78 is 23.1. The van der Waals surface area contributed by atoms with E-state index < -0.39 is 20.0 Å². The molecule has 3 atom stereocenters. The van der Waals surface area contributed by atoms with Gasteiger partial charge >= 0.3 is 0 Å². The van der Waals surface area contributed by atoms with Gasteiger partial charge in [-0.3, -0.25) is 9.36 Å². The molecule has 8 nitrogen and oxygen atoms in total. The summed E-state index contributed by atoms with van der Waals surface area (Å²) in [5.41, 5.74) is 0. The van der Waals surface area contributed by atoms with E-state index in [4.69, 9.17) is 9.05 Å². The first-order chi connectivity index (χ1) is 22.5. The van der Waals surface area contributed by atoms with Crippen molar-refractivity contribution >= 4 is 13.7 Å². The van der Waals surface area contributed by atoms with Crippen molar-refractivity contribution in [2.75, 3.05) is 40.9 Å². The van der Waals surface area contributed by atoms with E-state index in [-0.39, 0.29) is 19.1 Å². The number of quaternary nitrogens is 1. The Kier molecular flexibility index (Phi) is 31.1. The van der Waals surface area contributed by atoms with Crippen molar-refractivity contribution in [3.8, 4) is 0 Å². The van der Waals surface area contributed by atoms with Crippen LogP contribution < -0.4 is 10.2 Å². The van der Waals surface area contributed by atoms with Crippen LogP contribution in [0.3, 0.4) is 0 Å². The van der Waals surface area contributed by atoms with Gasteiger partial charge in [0, 0.05) is 6.42 Å². The van der Waals surface area contributed by atoms with Crippen molar-refractivity contribution in [1.29, 1.82) is 0 Å². The van der Waals surface area contributed by atoms with Crippen LogP contribution in [0.1, 0.15) is 187 Å². The zero-order chi connectivity index (χ0) is 35.1. The molecular weight excluding hydrogens is 611 g/mol. The fourth-order valence-corrected chi connectivity index (χ4v) is 6.59. The number of phosphoric acid groups is 1. The number of amides is 1. The number of aliphatic hydroxyl groups is 1. The maximum atomic E-state index is 12.8. The molecule has 0 heterocycles. The van der Waals surface area contributed by atoms with E-state index >= 15 is 0 Å². The second-order valence-electron chi connectivity index (χ2n) is 15.0. The fraction of sp³-hybridized carbons (Fsp3) is 0.974. The van der Waals surface area contributed by atoms with Crippen molar-refractivity contribution in [3.63, 3.8) is 0 Å². The lowest BCUT2D eigenvalue weighted by molar-refractivity contribution is -0.870. The molecule has 282 valence electrons. The monoisotopic (exact) mass is 691 g/mol. The van der Waals surface area contributed by atoms with E-state index in [0.29, 0.717) is 23.9 Å². The first-order valence-electron chi connectivity index (χ1n) is 19.9. The average Bonchev–Trinajstić information content (AvgIpc) is 3.01. The number of likely N-dealkylation sites (N-methyl/N-ethyl adjacent to an activating group) is 1. The predicted molar refractivity (Wildman–Crippen MR) is 196 cm³/mol. The van der Waals surface area contributed by atoms with Crippen molar-refractivity contribution < 1.29 is 32.9 Å². The zero-order valence-electron chi connectivity index (χ0n) is 31.8. The maximum absolute atomic E-state index is 12.8. The van der Waals surface area contributed by atoms with Gasteiger partial charge in [-0.2, -0.15) is 0 Å². The molecule has 0 aliphatic rings. The SMILES string of the molecule is CCCCCCCCCCCCCCCCCCCC(=O)NC(COP(=O)([O-])OCC[N+](C)(C)C)C(O)CCCCCCCCCC. The van der Waals surface area contributed by atoms with Gasteiger partial charge in [-0.05, 0) is 12.8 Å². The fourth-order valence-electron chi connectivity index (χ4n) is 5.86. The largest absolute Gasteiger partial charge is 0.756 e. The molecular formula is C38H79N2O6P. The molecule has 0 fully saturated rings. The maximum Gasteiger partial charge on any atom is 0.268 e. The zero-order valence-corrected chi connectivity index (χ0v) is 32.6. The van der Waals surface area contributed by atoms with Gasteiger partial charge in [-0.15, -0.1) is 0 Å². The van der Waals surface area contributed by atoms with E-state index in [2.05, 4.69) is 19.2 Å². The van der Waals surface area contributed by atoms with Gasteiger partial charge in [-0.1, -0.05) is 168 Å². The number of carbonyl (C=O) groups excluding carboxylic acids is 1. The molecule has 0 aromatic carbocycles. The number of phosphoric ester groups is 1. The summed E-state index contributed by atoms with van der Waals surface area (Å²) in [5.74, 6) is -0.166. The van der Waals surface area contributed by atoms with Crippen LogP contribution in [0.2, 0.25) is 0 Å². The Bertz CT molecular complexity index is 748. The molecule has 2 N–H and O–H groups in total. The molecule has 47 heavy (non-hydrogen) atoms. The number of hydrogen-bond acceptors (Lipinski definition) is 6. The minimum absolute atomic E-state index is 0.0153. The number of aliphatic hydroxyl groups excluding tert-OH is 1. The Morgan fingerprint density at radius 3 is 1.45 bits per heavy atom. The molecule has 0 saturated carbocycles. The van der Waals surface area contributed by atoms with Gasteiger partial charge in [0.1, 0.15) is 13.2 Å². The Balaban J connectivity index is 4.28. The molecule has 3 unspecified atom stereocenters. The Morgan fingerprint density at radius 1 is 0.660 bits per heavy atom.